The van der Waals surface area contributed by atoms with E-state index in [2.05, 4.69) is 17.6 Å². The lowest BCUT2D eigenvalue weighted by Gasteiger charge is -2.59. The van der Waals surface area contributed by atoms with Gasteiger partial charge in [-0.2, -0.15) is 0 Å². The first kappa shape index (κ1) is 17.1. The van der Waals surface area contributed by atoms with E-state index < -0.39 is 0 Å². The van der Waals surface area contributed by atoms with Crippen molar-refractivity contribution in [1.82, 2.24) is 10.6 Å². The van der Waals surface area contributed by atoms with E-state index >= 15 is 0 Å². The van der Waals surface area contributed by atoms with Crippen LogP contribution in [0.15, 0.2) is 24.3 Å². The van der Waals surface area contributed by atoms with E-state index in [0.29, 0.717) is 24.1 Å². The van der Waals surface area contributed by atoms with Crippen LogP contribution in [-0.4, -0.2) is 31.1 Å². The van der Waals surface area contributed by atoms with Gasteiger partial charge in [-0.1, -0.05) is 0 Å². The van der Waals surface area contributed by atoms with Crippen molar-refractivity contribution in [1.29, 1.82) is 0 Å². The van der Waals surface area contributed by atoms with E-state index in [1.54, 1.807) is 4.90 Å². The van der Waals surface area contributed by atoms with E-state index in [1.165, 1.54) is 38.5 Å². The molecule has 144 valence electrons. The topological polar surface area (TPSA) is 61.4 Å². The van der Waals surface area contributed by atoms with Crippen molar-refractivity contribution in [2.75, 3.05) is 18.0 Å². The molecule has 3 amide bonds. The molecule has 5 nitrogen and oxygen atoms in total. The minimum absolute atomic E-state index is 0.00988. The molecule has 4 saturated carbocycles. The summed E-state index contributed by atoms with van der Waals surface area (Å²) >= 11 is 0. The molecular formula is C22H29N3O2. The van der Waals surface area contributed by atoms with Gasteiger partial charge < -0.3 is 10.6 Å². The SMILES string of the molecule is CC(NC(=O)c1ccc(N2CCNC2=O)cc1)C12CC3CC(CC(C3)C1)C2. The molecule has 5 aliphatic rings. The van der Waals surface area contributed by atoms with E-state index in [-0.39, 0.29) is 18.0 Å². The zero-order chi connectivity index (χ0) is 18.6. The molecule has 1 aromatic rings. The van der Waals surface area contributed by atoms with Crippen molar-refractivity contribution in [3.63, 3.8) is 0 Å². The van der Waals surface area contributed by atoms with Crippen molar-refractivity contribution in [2.45, 2.75) is 51.5 Å². The van der Waals surface area contributed by atoms with Crippen LogP contribution in [-0.2, 0) is 0 Å². The van der Waals surface area contributed by atoms with Gasteiger partial charge in [0.2, 0.25) is 0 Å². The third-order valence-electron chi connectivity index (χ3n) is 7.65. The van der Waals surface area contributed by atoms with Crippen LogP contribution in [0.4, 0.5) is 10.5 Å². The summed E-state index contributed by atoms with van der Waals surface area (Å²) in [5, 5.41) is 6.12. The number of amides is 3. The molecule has 1 aliphatic heterocycles. The Morgan fingerprint density at radius 3 is 2.22 bits per heavy atom. The van der Waals surface area contributed by atoms with E-state index in [1.807, 2.05) is 24.3 Å². The highest BCUT2D eigenvalue weighted by Crippen LogP contribution is 2.61. The summed E-state index contributed by atoms with van der Waals surface area (Å²) < 4.78 is 0. The minimum atomic E-state index is -0.0670. The molecule has 0 radical (unpaired) electrons. The summed E-state index contributed by atoms with van der Waals surface area (Å²) in [4.78, 5) is 26.3. The normalized spacial score (nSPS) is 35.2. The lowest BCUT2D eigenvalue weighted by molar-refractivity contribution is -0.0688. The summed E-state index contributed by atoms with van der Waals surface area (Å²) in [6.45, 7) is 3.56. The van der Waals surface area contributed by atoms with Gasteiger partial charge in [0.05, 0.1) is 0 Å². The molecule has 4 aliphatic carbocycles. The number of anilines is 1. The van der Waals surface area contributed by atoms with Crippen LogP contribution in [0.5, 0.6) is 0 Å². The largest absolute Gasteiger partial charge is 0.349 e. The molecule has 5 fully saturated rings. The molecule has 1 aromatic carbocycles. The van der Waals surface area contributed by atoms with Crippen LogP contribution < -0.4 is 15.5 Å². The zero-order valence-corrected chi connectivity index (χ0v) is 16.0. The summed E-state index contributed by atoms with van der Waals surface area (Å²) in [5.74, 6) is 2.68. The minimum Gasteiger partial charge on any atom is -0.349 e. The summed E-state index contributed by atoms with van der Waals surface area (Å²) in [7, 11) is 0. The molecular weight excluding hydrogens is 338 g/mol. The highest BCUT2D eigenvalue weighted by Gasteiger charge is 2.53. The monoisotopic (exact) mass is 367 g/mol. The molecule has 5 heteroatoms. The molecule has 27 heavy (non-hydrogen) atoms. The van der Waals surface area contributed by atoms with Crippen LogP contribution in [0.25, 0.3) is 0 Å². The predicted octanol–water partition coefficient (Wildman–Crippen LogP) is 3.55. The maximum atomic E-state index is 12.8. The highest BCUT2D eigenvalue weighted by atomic mass is 16.2. The van der Waals surface area contributed by atoms with E-state index in [4.69, 9.17) is 0 Å². The molecule has 6 rings (SSSR count). The van der Waals surface area contributed by atoms with Crippen molar-refractivity contribution in [3.05, 3.63) is 29.8 Å². The second kappa shape index (κ2) is 6.25. The van der Waals surface area contributed by atoms with Gasteiger partial charge in [0.25, 0.3) is 5.91 Å². The van der Waals surface area contributed by atoms with Gasteiger partial charge in [0, 0.05) is 30.4 Å². The Labute approximate surface area is 160 Å². The molecule has 1 heterocycles. The number of carbonyl (C=O) groups is 2. The number of nitrogens with one attached hydrogen (secondary N) is 2. The molecule has 1 saturated heterocycles. The average molecular weight is 367 g/mol. The Kier molecular flexibility index (Phi) is 3.95. The average Bonchev–Trinajstić information content (AvgIpc) is 3.06. The van der Waals surface area contributed by atoms with Gasteiger partial charge in [0.15, 0.2) is 0 Å². The summed E-state index contributed by atoms with van der Waals surface area (Å²) in [6, 6.07) is 7.57. The van der Waals surface area contributed by atoms with Gasteiger partial charge in [-0.05, 0) is 92.9 Å². The van der Waals surface area contributed by atoms with Crippen molar-refractivity contribution in [3.8, 4) is 0 Å². The number of nitrogens with zero attached hydrogens (tertiary/aromatic N) is 1. The number of benzene rings is 1. The Morgan fingerprint density at radius 1 is 1.11 bits per heavy atom. The Bertz CT molecular complexity index is 722. The van der Waals surface area contributed by atoms with Crippen LogP contribution in [0.1, 0.15) is 55.8 Å². The second-order valence-corrected chi connectivity index (χ2v) is 9.41. The fraction of sp³-hybridized carbons (Fsp3) is 0.636. The molecule has 0 spiro atoms. The maximum absolute atomic E-state index is 12.8. The number of urea groups is 1. The van der Waals surface area contributed by atoms with Crippen molar-refractivity contribution >= 4 is 17.6 Å². The maximum Gasteiger partial charge on any atom is 0.321 e. The smallest absolute Gasteiger partial charge is 0.321 e. The van der Waals surface area contributed by atoms with Crippen LogP contribution in [0.2, 0.25) is 0 Å². The standard InChI is InChI=1S/C22H29N3O2/c1-14(22-11-15-8-16(12-22)10-17(9-15)13-22)24-20(26)18-2-4-19(5-3-18)25-7-6-23-21(25)27/h2-5,14-17H,6-13H2,1H3,(H,23,27)(H,24,26). The quantitative estimate of drug-likeness (QED) is 0.855. The van der Waals surface area contributed by atoms with Crippen LogP contribution >= 0.6 is 0 Å². The first-order chi connectivity index (χ1) is 13.0. The molecule has 1 atom stereocenters. The Morgan fingerprint density at radius 2 is 1.70 bits per heavy atom. The Hall–Kier alpha value is -2.04. The molecule has 0 aromatic heterocycles. The molecule has 1 unspecified atom stereocenters. The number of hydrogen-bond acceptors (Lipinski definition) is 2. The summed E-state index contributed by atoms with van der Waals surface area (Å²) in [6.07, 6.45) is 8.15. The number of hydrogen-bond donors (Lipinski definition) is 2. The number of rotatable bonds is 4. The fourth-order valence-electron chi connectivity index (χ4n) is 6.65. The van der Waals surface area contributed by atoms with Crippen LogP contribution in [0, 0.1) is 23.2 Å². The van der Waals surface area contributed by atoms with E-state index in [9.17, 15) is 9.59 Å². The Balaban J connectivity index is 1.27. The van der Waals surface area contributed by atoms with Gasteiger partial charge in [-0.25, -0.2) is 4.79 Å². The lowest BCUT2D eigenvalue weighted by atomic mass is 9.48. The predicted molar refractivity (Wildman–Crippen MR) is 105 cm³/mol. The molecule has 4 bridgehead atoms. The zero-order valence-electron chi connectivity index (χ0n) is 16.0. The van der Waals surface area contributed by atoms with Gasteiger partial charge in [0.1, 0.15) is 0 Å². The van der Waals surface area contributed by atoms with Gasteiger partial charge in [-0.3, -0.25) is 9.69 Å². The first-order valence-electron chi connectivity index (χ1n) is 10.5. The number of carbonyl (C=O) groups excluding carboxylic acids is 2. The lowest BCUT2D eigenvalue weighted by Crippen LogP contribution is -2.55. The van der Waals surface area contributed by atoms with E-state index in [0.717, 1.165) is 23.4 Å². The third-order valence-corrected chi connectivity index (χ3v) is 7.65. The fourth-order valence-corrected chi connectivity index (χ4v) is 6.65. The first-order valence-corrected chi connectivity index (χ1v) is 10.5. The molecule has 2 N–H and O–H groups in total. The van der Waals surface area contributed by atoms with Gasteiger partial charge >= 0.3 is 6.03 Å². The van der Waals surface area contributed by atoms with Crippen molar-refractivity contribution in [2.24, 2.45) is 23.2 Å². The van der Waals surface area contributed by atoms with Gasteiger partial charge in [-0.15, -0.1) is 0 Å². The second-order valence-electron chi connectivity index (χ2n) is 9.41. The third kappa shape index (κ3) is 2.91. The van der Waals surface area contributed by atoms with Crippen LogP contribution in [0.3, 0.4) is 0 Å². The highest BCUT2D eigenvalue weighted by molar-refractivity contribution is 5.97. The van der Waals surface area contributed by atoms with Crippen molar-refractivity contribution < 1.29 is 9.59 Å². The summed E-state index contributed by atoms with van der Waals surface area (Å²) in [5.41, 5.74) is 1.84.